The van der Waals surface area contributed by atoms with Gasteiger partial charge in [0.25, 0.3) is 0 Å². The van der Waals surface area contributed by atoms with Gasteiger partial charge in [-0.15, -0.1) is 9.24 Å². The maximum absolute atomic E-state index is 10.8. The zero-order chi connectivity index (χ0) is 16.3. The number of amides is 2. The van der Waals surface area contributed by atoms with Gasteiger partial charge in [0.15, 0.2) is 0 Å². The lowest BCUT2D eigenvalue weighted by atomic mass is 10.4. The number of azo groups is 1. The van der Waals surface area contributed by atoms with Crippen LogP contribution in [-0.2, 0) is 9.47 Å². The van der Waals surface area contributed by atoms with Gasteiger partial charge in [-0.25, -0.2) is 9.59 Å². The van der Waals surface area contributed by atoms with E-state index in [2.05, 4.69) is 28.9 Å². The van der Waals surface area contributed by atoms with E-state index in [1.165, 1.54) is 5.30 Å². The van der Waals surface area contributed by atoms with Crippen LogP contribution in [0.1, 0.15) is 27.7 Å². The molecule has 1 aromatic rings. The highest BCUT2D eigenvalue weighted by Crippen LogP contribution is 1.96. The van der Waals surface area contributed by atoms with Gasteiger partial charge in [-0.05, 0) is 33.0 Å². The molecule has 2 amide bonds. The summed E-state index contributed by atoms with van der Waals surface area (Å²) in [6, 6.07) is 10.1. The second-order valence-electron chi connectivity index (χ2n) is 4.48. The maximum Gasteiger partial charge on any atom is 0.452 e. The Morgan fingerprint density at radius 2 is 1.29 bits per heavy atom. The van der Waals surface area contributed by atoms with Crippen molar-refractivity contribution in [2.45, 2.75) is 39.9 Å². The Labute approximate surface area is 127 Å². The Kier molecular flexibility index (Phi) is 9.98. The average molecular weight is 312 g/mol. The molecule has 6 nitrogen and oxygen atoms in total. The Morgan fingerprint density at radius 1 is 0.905 bits per heavy atom. The summed E-state index contributed by atoms with van der Waals surface area (Å²) < 4.78 is 9.20. The van der Waals surface area contributed by atoms with Crippen LogP contribution in [0, 0.1) is 0 Å². The smallest absolute Gasteiger partial charge is 0.444 e. The molecule has 1 aromatic carbocycles. The molecule has 0 aliphatic carbocycles. The van der Waals surface area contributed by atoms with Gasteiger partial charge < -0.3 is 9.47 Å². The minimum atomic E-state index is -0.902. The number of carbonyl (C=O) groups excluding carboxylic acids is 2. The second-order valence-corrected chi connectivity index (χ2v) is 5.14. The summed E-state index contributed by atoms with van der Waals surface area (Å²) in [5, 5.41) is 7.25. The van der Waals surface area contributed by atoms with Crippen molar-refractivity contribution in [3.63, 3.8) is 0 Å². The second kappa shape index (κ2) is 10.9. The van der Waals surface area contributed by atoms with E-state index >= 15 is 0 Å². The Bertz CT molecular complexity index is 437. The number of carbonyl (C=O) groups is 2. The summed E-state index contributed by atoms with van der Waals surface area (Å²) >= 11 is 0. The van der Waals surface area contributed by atoms with Crippen molar-refractivity contribution in [2.75, 3.05) is 0 Å². The van der Waals surface area contributed by atoms with Gasteiger partial charge in [-0.3, -0.25) is 0 Å². The lowest BCUT2D eigenvalue weighted by molar-refractivity contribution is 0.115. The molecule has 0 aromatic heterocycles. The summed E-state index contributed by atoms with van der Waals surface area (Å²) in [5.41, 5.74) is 0. The molecule has 116 valence electrons. The van der Waals surface area contributed by atoms with Crippen LogP contribution < -0.4 is 5.30 Å². The highest BCUT2D eigenvalue weighted by atomic mass is 31.0. The van der Waals surface area contributed by atoms with Crippen molar-refractivity contribution in [1.29, 1.82) is 0 Å². The fourth-order valence-corrected chi connectivity index (χ4v) is 1.21. The van der Waals surface area contributed by atoms with Crippen molar-refractivity contribution < 1.29 is 19.1 Å². The first-order chi connectivity index (χ1) is 9.81. The minimum absolute atomic E-state index is 0.289. The van der Waals surface area contributed by atoms with Crippen LogP contribution in [0.25, 0.3) is 0 Å². The number of benzene rings is 1. The van der Waals surface area contributed by atoms with E-state index in [0.29, 0.717) is 0 Å². The first-order valence-corrected chi connectivity index (χ1v) is 7.02. The number of hydrogen-bond acceptors (Lipinski definition) is 4. The van der Waals surface area contributed by atoms with Gasteiger partial charge in [0.1, 0.15) is 0 Å². The first-order valence-electron chi connectivity index (χ1n) is 6.44. The van der Waals surface area contributed by atoms with Crippen molar-refractivity contribution in [3.05, 3.63) is 30.3 Å². The number of hydrogen-bond donors (Lipinski definition) is 0. The van der Waals surface area contributed by atoms with Crippen LogP contribution in [0.5, 0.6) is 0 Å². The molecule has 0 radical (unpaired) electrons. The van der Waals surface area contributed by atoms with Crippen LogP contribution in [0.15, 0.2) is 40.6 Å². The van der Waals surface area contributed by atoms with Crippen LogP contribution in [0.2, 0.25) is 0 Å². The van der Waals surface area contributed by atoms with Crippen LogP contribution in [0.4, 0.5) is 9.59 Å². The molecule has 0 fully saturated rings. The minimum Gasteiger partial charge on any atom is -0.444 e. The summed E-state index contributed by atoms with van der Waals surface area (Å²) in [5.74, 6) is 0. The van der Waals surface area contributed by atoms with E-state index in [-0.39, 0.29) is 12.2 Å². The molecule has 0 heterocycles. The quantitative estimate of drug-likeness (QED) is 0.616. The standard InChI is InChI=1S/C8H14N2O4.C6H7P/c1-5(2)13-7(11)9-10-8(12)14-6(3)4;7-6-4-2-1-3-5-6/h5-6H,1-4H3;1-5H,7H2. The number of rotatable bonds is 2. The average Bonchev–Trinajstić information content (AvgIpc) is 2.36. The number of nitrogens with zero attached hydrogens (tertiary/aromatic N) is 2. The highest BCUT2D eigenvalue weighted by Gasteiger charge is 2.06. The fourth-order valence-electron chi connectivity index (χ4n) is 0.985. The lowest BCUT2D eigenvalue weighted by Crippen LogP contribution is -2.09. The molecule has 1 unspecified atom stereocenters. The molecule has 1 atom stereocenters. The Balaban J connectivity index is 0.000000471. The summed E-state index contributed by atoms with van der Waals surface area (Å²) in [6.45, 7) is 6.67. The van der Waals surface area contributed by atoms with Crippen molar-refractivity contribution in [3.8, 4) is 0 Å². The number of ether oxygens (including phenoxy) is 2. The Hall–Kier alpha value is -1.81. The van der Waals surface area contributed by atoms with Gasteiger partial charge in [0.05, 0.1) is 12.2 Å². The van der Waals surface area contributed by atoms with Crippen LogP contribution >= 0.6 is 9.24 Å². The molecule has 0 saturated carbocycles. The molecule has 21 heavy (non-hydrogen) atoms. The third-order valence-electron chi connectivity index (χ3n) is 1.69. The van der Waals surface area contributed by atoms with Crippen molar-refractivity contribution in [1.82, 2.24) is 0 Å². The van der Waals surface area contributed by atoms with Gasteiger partial charge in [-0.2, -0.15) is 0 Å². The molecule has 0 spiro atoms. The normalized spacial score (nSPS) is 10.2. The zero-order valence-electron chi connectivity index (χ0n) is 12.6. The predicted octanol–water partition coefficient (Wildman–Crippen LogP) is 3.72. The largest absolute Gasteiger partial charge is 0.452 e. The van der Waals surface area contributed by atoms with E-state index < -0.39 is 12.2 Å². The van der Waals surface area contributed by atoms with Crippen LogP contribution in [-0.4, -0.2) is 24.4 Å². The van der Waals surface area contributed by atoms with Gasteiger partial charge in [0.2, 0.25) is 0 Å². The molecule has 0 saturated heterocycles. The summed E-state index contributed by atoms with van der Waals surface area (Å²) in [6.07, 6.45) is -2.38. The van der Waals surface area contributed by atoms with Crippen molar-refractivity contribution >= 4 is 26.7 Å². The third kappa shape index (κ3) is 12.9. The SMILES string of the molecule is CC(C)OC(=O)N=NC(=O)OC(C)C.Pc1ccccc1. The van der Waals surface area contributed by atoms with E-state index in [0.717, 1.165) is 0 Å². The van der Waals surface area contributed by atoms with E-state index in [1.807, 2.05) is 30.3 Å². The molecular formula is C14H21N2O4P. The van der Waals surface area contributed by atoms with E-state index in [1.54, 1.807) is 27.7 Å². The van der Waals surface area contributed by atoms with E-state index in [4.69, 9.17) is 0 Å². The molecule has 0 aliphatic rings. The van der Waals surface area contributed by atoms with Gasteiger partial charge in [0, 0.05) is 0 Å². The van der Waals surface area contributed by atoms with Gasteiger partial charge >= 0.3 is 12.2 Å². The lowest BCUT2D eigenvalue weighted by Gasteiger charge is -2.03. The predicted molar refractivity (Wildman–Crippen MR) is 83.9 cm³/mol. The summed E-state index contributed by atoms with van der Waals surface area (Å²) in [7, 11) is 2.63. The summed E-state index contributed by atoms with van der Waals surface area (Å²) in [4.78, 5) is 21.5. The van der Waals surface area contributed by atoms with Crippen LogP contribution in [0.3, 0.4) is 0 Å². The Morgan fingerprint density at radius 3 is 1.52 bits per heavy atom. The first kappa shape index (κ1) is 19.2. The maximum atomic E-state index is 10.8. The van der Waals surface area contributed by atoms with Gasteiger partial charge in [-0.1, -0.05) is 40.6 Å². The van der Waals surface area contributed by atoms with E-state index in [9.17, 15) is 9.59 Å². The monoisotopic (exact) mass is 312 g/mol. The molecule has 0 aliphatic heterocycles. The van der Waals surface area contributed by atoms with Crippen molar-refractivity contribution in [2.24, 2.45) is 10.2 Å². The fraction of sp³-hybridized carbons (Fsp3) is 0.429. The molecule has 7 heteroatoms. The molecule has 1 rings (SSSR count). The molecular weight excluding hydrogens is 291 g/mol. The highest BCUT2D eigenvalue weighted by molar-refractivity contribution is 7.27. The zero-order valence-corrected chi connectivity index (χ0v) is 13.8. The molecule has 0 N–H and O–H groups in total. The topological polar surface area (TPSA) is 77.3 Å². The molecule has 0 bridgehead atoms. The third-order valence-corrected chi connectivity index (χ3v) is 2.07.